The third-order valence-electron chi connectivity index (χ3n) is 6.41. The number of imidazole rings is 1. The normalized spacial score (nSPS) is 18.4. The van der Waals surface area contributed by atoms with Crippen molar-refractivity contribution in [2.75, 3.05) is 18.9 Å². The number of primary amides is 1. The Labute approximate surface area is 205 Å². The summed E-state index contributed by atoms with van der Waals surface area (Å²) < 4.78 is 31.8. The number of amides is 2. The van der Waals surface area contributed by atoms with Crippen molar-refractivity contribution in [2.45, 2.75) is 31.3 Å². The van der Waals surface area contributed by atoms with Crippen molar-refractivity contribution in [3.63, 3.8) is 0 Å². The van der Waals surface area contributed by atoms with Gasteiger partial charge < -0.3 is 20.5 Å². The molecule has 5 rings (SSSR count). The fraction of sp³-hybridized carbons (Fsp3) is 0.280. The van der Waals surface area contributed by atoms with Crippen LogP contribution in [0.4, 0.5) is 14.6 Å². The largest absolute Gasteiger partial charge is 0.373 e. The Kier molecular flexibility index (Phi) is 5.80. The molecule has 1 aliphatic carbocycles. The van der Waals surface area contributed by atoms with Crippen LogP contribution in [0, 0.1) is 17.7 Å². The number of allylic oxidation sites excluding steroid dienone is 1. The zero-order valence-electron chi connectivity index (χ0n) is 19.5. The van der Waals surface area contributed by atoms with Crippen LogP contribution in [0.1, 0.15) is 53.0 Å². The van der Waals surface area contributed by atoms with E-state index >= 15 is 0 Å². The number of nitrogens with two attached hydrogens (primary N) is 1. The van der Waals surface area contributed by atoms with Crippen molar-refractivity contribution < 1.29 is 18.4 Å². The molecule has 2 aliphatic rings. The quantitative estimate of drug-likeness (QED) is 0.421. The van der Waals surface area contributed by atoms with Crippen LogP contribution < -0.4 is 11.1 Å². The highest BCUT2D eigenvalue weighted by atomic mass is 19.1. The fourth-order valence-electron chi connectivity index (χ4n) is 4.53. The molecule has 1 aromatic carbocycles. The summed E-state index contributed by atoms with van der Waals surface area (Å²) >= 11 is 0. The zero-order valence-corrected chi connectivity index (χ0v) is 19.5. The molecular formula is C25H23F2N7O2. The third-order valence-corrected chi connectivity index (χ3v) is 6.41. The maximum absolute atomic E-state index is 14.9. The van der Waals surface area contributed by atoms with Crippen molar-refractivity contribution in [2.24, 2.45) is 5.73 Å². The minimum Gasteiger partial charge on any atom is -0.373 e. The van der Waals surface area contributed by atoms with Gasteiger partial charge in [-0.05, 0) is 30.9 Å². The molecule has 3 aromatic rings. The van der Waals surface area contributed by atoms with Crippen LogP contribution in [0.15, 0.2) is 43.1 Å². The summed E-state index contributed by atoms with van der Waals surface area (Å²) in [5.41, 5.74) is 7.27. The van der Waals surface area contributed by atoms with Crippen LogP contribution in [0.5, 0.6) is 0 Å². The van der Waals surface area contributed by atoms with E-state index in [9.17, 15) is 18.4 Å². The van der Waals surface area contributed by atoms with Crippen molar-refractivity contribution in [1.82, 2.24) is 24.2 Å². The van der Waals surface area contributed by atoms with E-state index < -0.39 is 23.7 Å². The first-order chi connectivity index (χ1) is 17.4. The smallest absolute Gasteiger partial charge is 0.255 e. The van der Waals surface area contributed by atoms with Gasteiger partial charge in [-0.25, -0.2) is 18.4 Å². The van der Waals surface area contributed by atoms with E-state index in [1.54, 1.807) is 19.4 Å². The molecule has 36 heavy (non-hydrogen) atoms. The fourth-order valence-corrected chi connectivity index (χ4v) is 4.53. The maximum atomic E-state index is 14.9. The van der Waals surface area contributed by atoms with Gasteiger partial charge in [0.2, 0.25) is 5.91 Å². The lowest BCUT2D eigenvalue weighted by molar-refractivity contribution is -0.123. The second-order valence-electron chi connectivity index (χ2n) is 8.70. The number of fused-ring (bicyclic) bond motifs is 1. The first-order valence-electron chi connectivity index (χ1n) is 11.4. The predicted octanol–water partition coefficient (Wildman–Crippen LogP) is 3.02. The van der Waals surface area contributed by atoms with Gasteiger partial charge in [0.05, 0.1) is 34.7 Å². The average molecular weight is 492 g/mol. The molecule has 184 valence electrons. The van der Waals surface area contributed by atoms with E-state index in [-0.39, 0.29) is 41.3 Å². The molecule has 0 unspecified atom stereocenters. The van der Waals surface area contributed by atoms with Crippen LogP contribution in [0.3, 0.4) is 0 Å². The summed E-state index contributed by atoms with van der Waals surface area (Å²) in [5.74, 6) is 4.02. The minimum atomic E-state index is -0.785. The Bertz CT molecular complexity index is 1500. The van der Waals surface area contributed by atoms with Crippen molar-refractivity contribution in [3.8, 4) is 11.8 Å². The summed E-state index contributed by atoms with van der Waals surface area (Å²) in [7, 11) is 1.58. The SMILES string of the molecule is C=CC(=O)N1C[C@@H](n2nc(C#Cc3cc4ncn(C5CC5)c4cc3F)c(C(N)=O)c2NC)C/C1=C\F. The molecule has 1 saturated carbocycles. The number of hydrogen-bond donors (Lipinski definition) is 2. The average Bonchev–Trinajstić information content (AvgIpc) is 3.32. The molecule has 1 saturated heterocycles. The summed E-state index contributed by atoms with van der Waals surface area (Å²) in [5, 5.41) is 7.33. The van der Waals surface area contributed by atoms with Crippen LogP contribution in [-0.2, 0) is 4.79 Å². The van der Waals surface area contributed by atoms with Gasteiger partial charge in [-0.15, -0.1) is 0 Å². The monoisotopic (exact) mass is 491 g/mol. The first kappa shape index (κ1) is 23.3. The van der Waals surface area contributed by atoms with Crippen molar-refractivity contribution >= 4 is 28.7 Å². The second-order valence-corrected chi connectivity index (χ2v) is 8.70. The molecule has 1 atom stereocenters. The predicted molar refractivity (Wildman–Crippen MR) is 129 cm³/mol. The van der Waals surface area contributed by atoms with Gasteiger partial charge >= 0.3 is 0 Å². The van der Waals surface area contributed by atoms with E-state index in [1.165, 1.54) is 15.6 Å². The van der Waals surface area contributed by atoms with Crippen molar-refractivity contribution in [3.05, 3.63) is 65.8 Å². The van der Waals surface area contributed by atoms with Gasteiger partial charge in [-0.2, -0.15) is 5.10 Å². The number of carbonyl (C=O) groups is 2. The van der Waals surface area contributed by atoms with Crippen LogP contribution in [0.25, 0.3) is 11.0 Å². The number of hydrogen-bond acceptors (Lipinski definition) is 5. The number of anilines is 1. The number of rotatable bonds is 5. The zero-order chi connectivity index (χ0) is 25.6. The molecule has 2 fully saturated rings. The number of nitrogens with one attached hydrogen (secondary N) is 1. The van der Waals surface area contributed by atoms with E-state index in [4.69, 9.17) is 5.73 Å². The maximum Gasteiger partial charge on any atom is 0.255 e. The second kappa shape index (κ2) is 8.96. The molecular weight excluding hydrogens is 468 g/mol. The minimum absolute atomic E-state index is 0.0174. The lowest BCUT2D eigenvalue weighted by Crippen LogP contribution is -2.26. The molecule has 0 bridgehead atoms. The van der Waals surface area contributed by atoms with Gasteiger partial charge in [0, 0.05) is 32.1 Å². The van der Waals surface area contributed by atoms with Gasteiger partial charge in [0.25, 0.3) is 5.91 Å². The molecule has 3 N–H and O–H groups in total. The van der Waals surface area contributed by atoms with Gasteiger partial charge in [0.15, 0.2) is 5.69 Å². The van der Waals surface area contributed by atoms with E-state index in [1.807, 2.05) is 4.57 Å². The van der Waals surface area contributed by atoms with E-state index in [0.29, 0.717) is 23.4 Å². The van der Waals surface area contributed by atoms with Crippen LogP contribution in [0.2, 0.25) is 0 Å². The summed E-state index contributed by atoms with van der Waals surface area (Å²) in [6.45, 7) is 3.56. The topological polar surface area (TPSA) is 111 Å². The summed E-state index contributed by atoms with van der Waals surface area (Å²) in [6, 6.07) is 2.83. The highest BCUT2D eigenvalue weighted by Crippen LogP contribution is 2.37. The van der Waals surface area contributed by atoms with Crippen molar-refractivity contribution in [1.29, 1.82) is 0 Å². The molecule has 0 radical (unpaired) electrons. The van der Waals surface area contributed by atoms with Crippen LogP contribution in [-0.4, -0.2) is 49.6 Å². The first-order valence-corrected chi connectivity index (χ1v) is 11.4. The number of aromatic nitrogens is 4. The van der Waals surface area contributed by atoms with E-state index in [2.05, 4.69) is 33.8 Å². The lowest BCUT2D eigenvalue weighted by atomic mass is 10.1. The van der Waals surface area contributed by atoms with Gasteiger partial charge in [0.1, 0.15) is 23.5 Å². The lowest BCUT2D eigenvalue weighted by Gasteiger charge is -2.16. The van der Waals surface area contributed by atoms with E-state index in [0.717, 1.165) is 18.9 Å². The highest BCUT2D eigenvalue weighted by Gasteiger charge is 2.35. The number of halogens is 2. The molecule has 1 aliphatic heterocycles. The Morgan fingerprint density at radius 2 is 2.06 bits per heavy atom. The Balaban J connectivity index is 1.54. The number of carbonyl (C=O) groups excluding carboxylic acids is 2. The Hall–Kier alpha value is -4.46. The van der Waals surface area contributed by atoms with Gasteiger partial charge in [-0.3, -0.25) is 9.59 Å². The Morgan fingerprint density at radius 1 is 1.28 bits per heavy atom. The molecule has 0 spiro atoms. The standard InChI is InChI=1S/C25H23F2N7O2/c1-3-22(35)32-12-17(9-16(32)11-26)34-25(29-2)23(24(28)36)19(31-34)7-4-14-8-20-21(10-18(14)27)33(13-30-20)15-5-6-15/h3,8,10-11,13,15,17,29H,1,5-6,9,12H2,2H3,(H2,28,36)/b16-11+/t17-/m0/s1. The summed E-state index contributed by atoms with van der Waals surface area (Å²) in [6.07, 6.45) is 5.40. The Morgan fingerprint density at radius 3 is 2.69 bits per heavy atom. The highest BCUT2D eigenvalue weighted by molar-refractivity contribution is 6.00. The molecule has 3 heterocycles. The number of nitrogens with zero attached hydrogens (tertiary/aromatic N) is 5. The number of likely N-dealkylation sites (tertiary alicyclic amines) is 1. The molecule has 11 heteroatoms. The third kappa shape index (κ3) is 3.90. The number of benzene rings is 1. The molecule has 2 aromatic heterocycles. The van der Waals surface area contributed by atoms with Crippen LogP contribution >= 0.6 is 0 Å². The van der Waals surface area contributed by atoms with Gasteiger partial charge in [-0.1, -0.05) is 12.5 Å². The molecule has 2 amide bonds. The summed E-state index contributed by atoms with van der Waals surface area (Å²) in [4.78, 5) is 30.1. The molecule has 9 nitrogen and oxygen atoms in total.